The van der Waals surface area contributed by atoms with E-state index >= 15 is 0 Å². The highest BCUT2D eigenvalue weighted by Gasteiger charge is 2.57. The van der Waals surface area contributed by atoms with Crippen molar-refractivity contribution in [1.29, 1.82) is 0 Å². The molecule has 3 saturated heterocycles. The molecule has 6 rings (SSSR count). The Kier molecular flexibility index (Phi) is 4.42. The van der Waals surface area contributed by atoms with Crippen molar-refractivity contribution >= 4 is 6.09 Å². The van der Waals surface area contributed by atoms with E-state index in [9.17, 15) is 14.3 Å². The van der Waals surface area contributed by atoms with Gasteiger partial charge in [-0.05, 0) is 75.0 Å². The highest BCUT2D eigenvalue weighted by Crippen LogP contribution is 2.53. The lowest BCUT2D eigenvalue weighted by Gasteiger charge is -2.50. The van der Waals surface area contributed by atoms with Gasteiger partial charge in [-0.2, -0.15) is 0 Å². The van der Waals surface area contributed by atoms with E-state index < -0.39 is 11.6 Å². The van der Waals surface area contributed by atoms with Gasteiger partial charge in [0.1, 0.15) is 11.6 Å². The van der Waals surface area contributed by atoms with Crippen molar-refractivity contribution in [2.24, 2.45) is 5.92 Å². The first-order valence-corrected chi connectivity index (χ1v) is 10.2. The Morgan fingerprint density at radius 3 is 2.48 bits per heavy atom. The molecule has 1 N–H and O–H groups in total. The van der Waals surface area contributed by atoms with Crippen LogP contribution in [0, 0.1) is 11.7 Å². The van der Waals surface area contributed by atoms with E-state index in [2.05, 4.69) is 9.88 Å². The van der Waals surface area contributed by atoms with Crippen LogP contribution in [0.4, 0.5) is 9.18 Å². The predicted octanol–water partition coefficient (Wildman–Crippen LogP) is 4.08. The summed E-state index contributed by atoms with van der Waals surface area (Å²) in [5.41, 5.74) is 0.160. The number of carbonyl (C=O) groups is 1. The highest BCUT2D eigenvalue weighted by molar-refractivity contribution is 5.68. The fourth-order valence-corrected chi connectivity index (χ4v) is 4.96. The van der Waals surface area contributed by atoms with E-state index in [0.29, 0.717) is 17.5 Å². The van der Waals surface area contributed by atoms with Crippen LogP contribution in [0.3, 0.4) is 0 Å². The summed E-state index contributed by atoms with van der Waals surface area (Å²) >= 11 is 0. The third-order valence-electron chi connectivity index (χ3n) is 6.58. The van der Waals surface area contributed by atoms with Crippen molar-refractivity contribution in [3.05, 3.63) is 54.0 Å². The van der Waals surface area contributed by atoms with Gasteiger partial charge in [-0.15, -0.1) is 0 Å². The Morgan fingerprint density at radius 2 is 1.90 bits per heavy atom. The van der Waals surface area contributed by atoms with Crippen molar-refractivity contribution in [1.82, 2.24) is 14.8 Å². The molecule has 29 heavy (non-hydrogen) atoms. The summed E-state index contributed by atoms with van der Waals surface area (Å²) in [5.74, 6) is 0.978. The van der Waals surface area contributed by atoms with Gasteiger partial charge in [0.25, 0.3) is 0 Å². The number of fused-ring (bicyclic) bond motifs is 3. The Morgan fingerprint density at radius 1 is 1.17 bits per heavy atom. The molecule has 2 aromatic rings. The first kappa shape index (κ1) is 18.4. The number of nitrogens with zero attached hydrogens (tertiary/aromatic N) is 3. The number of hydrogen-bond donors (Lipinski definition) is 1. The summed E-state index contributed by atoms with van der Waals surface area (Å²) < 4.78 is 18.9. The van der Waals surface area contributed by atoms with Crippen LogP contribution in [0.25, 0.3) is 0 Å². The van der Waals surface area contributed by atoms with Gasteiger partial charge in [-0.3, -0.25) is 4.90 Å². The van der Waals surface area contributed by atoms with Crippen LogP contribution < -0.4 is 4.74 Å². The molecule has 1 aliphatic carbocycles. The normalized spacial score (nSPS) is 26.7. The van der Waals surface area contributed by atoms with Crippen LogP contribution in [0.15, 0.2) is 42.5 Å². The molecular weight excluding hydrogens is 373 g/mol. The van der Waals surface area contributed by atoms with Gasteiger partial charge in [-0.25, -0.2) is 14.2 Å². The smallest absolute Gasteiger partial charge is 0.408 e. The Hall–Kier alpha value is -2.67. The summed E-state index contributed by atoms with van der Waals surface area (Å²) in [6.45, 7) is 2.95. The number of halogens is 1. The summed E-state index contributed by atoms with van der Waals surface area (Å²) in [6, 6.07) is 11.3. The second-order valence-corrected chi connectivity index (χ2v) is 8.31. The van der Waals surface area contributed by atoms with Gasteiger partial charge < -0.3 is 14.7 Å². The fourth-order valence-electron chi connectivity index (χ4n) is 4.96. The highest BCUT2D eigenvalue weighted by atomic mass is 19.1. The molecule has 152 valence electrons. The van der Waals surface area contributed by atoms with Gasteiger partial charge in [0, 0.05) is 12.6 Å². The molecule has 1 saturated carbocycles. The molecule has 4 heterocycles. The number of carboxylic acid groups (broad SMARTS) is 1. The van der Waals surface area contributed by atoms with Gasteiger partial charge in [0.2, 0.25) is 5.88 Å². The van der Waals surface area contributed by atoms with Crippen LogP contribution in [-0.2, 0) is 5.54 Å². The molecule has 3 aliphatic heterocycles. The van der Waals surface area contributed by atoms with E-state index in [1.165, 1.54) is 12.1 Å². The molecule has 1 atom stereocenters. The first-order valence-electron chi connectivity index (χ1n) is 10.2. The molecule has 0 spiro atoms. The SMILES string of the molecule is O=C(O)N(C1CN2CCC1CC2)C1(c2cccc(Oc3ccc(F)cc3)n2)CC1. The molecule has 7 heteroatoms. The van der Waals surface area contributed by atoms with Crippen molar-refractivity contribution < 1.29 is 19.0 Å². The lowest BCUT2D eigenvalue weighted by atomic mass is 9.82. The van der Waals surface area contributed by atoms with Crippen molar-refractivity contribution in [3.63, 3.8) is 0 Å². The van der Waals surface area contributed by atoms with Crippen LogP contribution in [0.2, 0.25) is 0 Å². The van der Waals surface area contributed by atoms with Crippen LogP contribution in [0.1, 0.15) is 31.4 Å². The molecule has 2 bridgehead atoms. The van der Waals surface area contributed by atoms with E-state index in [0.717, 1.165) is 51.0 Å². The van der Waals surface area contributed by atoms with Crippen molar-refractivity contribution in [2.75, 3.05) is 19.6 Å². The maximum Gasteiger partial charge on any atom is 0.408 e. The van der Waals surface area contributed by atoms with Gasteiger partial charge >= 0.3 is 6.09 Å². The molecule has 4 aliphatic rings. The first-order chi connectivity index (χ1) is 14.0. The molecule has 0 radical (unpaired) electrons. The van der Waals surface area contributed by atoms with Crippen molar-refractivity contribution in [2.45, 2.75) is 37.3 Å². The second-order valence-electron chi connectivity index (χ2n) is 8.31. The minimum Gasteiger partial charge on any atom is -0.465 e. The zero-order chi connectivity index (χ0) is 20.0. The largest absolute Gasteiger partial charge is 0.465 e. The Labute approximate surface area is 168 Å². The molecule has 1 unspecified atom stereocenters. The molecule has 1 amide bonds. The number of benzene rings is 1. The zero-order valence-corrected chi connectivity index (χ0v) is 16.1. The average Bonchev–Trinajstić information content (AvgIpc) is 3.52. The minimum absolute atomic E-state index is 0.0148. The van der Waals surface area contributed by atoms with Crippen LogP contribution >= 0.6 is 0 Å². The van der Waals surface area contributed by atoms with E-state index in [1.807, 2.05) is 12.1 Å². The van der Waals surface area contributed by atoms with Gasteiger partial charge in [0.05, 0.1) is 17.3 Å². The number of ether oxygens (including phenoxy) is 1. The van der Waals surface area contributed by atoms with Crippen LogP contribution in [-0.4, -0.2) is 51.7 Å². The summed E-state index contributed by atoms with van der Waals surface area (Å²) in [7, 11) is 0. The van der Waals surface area contributed by atoms with E-state index in [4.69, 9.17) is 4.74 Å². The summed E-state index contributed by atoms with van der Waals surface area (Å²) in [5, 5.41) is 10.1. The molecule has 4 fully saturated rings. The molecule has 1 aromatic heterocycles. The lowest BCUT2D eigenvalue weighted by molar-refractivity contribution is -0.0140. The molecular formula is C22H24FN3O3. The minimum atomic E-state index is -0.868. The number of amides is 1. The summed E-state index contributed by atoms with van der Waals surface area (Å²) in [4.78, 5) is 21.1. The second kappa shape index (κ2) is 6.99. The number of aromatic nitrogens is 1. The number of rotatable bonds is 5. The third kappa shape index (κ3) is 3.33. The maximum absolute atomic E-state index is 13.1. The topological polar surface area (TPSA) is 65.9 Å². The van der Waals surface area contributed by atoms with Crippen LogP contribution in [0.5, 0.6) is 11.6 Å². The molecule has 1 aromatic carbocycles. The number of hydrogen-bond acceptors (Lipinski definition) is 4. The fraction of sp³-hybridized carbons (Fsp3) is 0.455. The van der Waals surface area contributed by atoms with E-state index in [1.54, 1.807) is 23.1 Å². The average molecular weight is 397 g/mol. The standard InChI is InChI=1S/C22H24FN3O3/c23-16-4-6-17(7-5-16)29-20-3-1-2-19(24-20)22(10-11-22)26(21(27)28)18-14-25-12-8-15(18)9-13-25/h1-7,15,18H,8-14H2,(H,27,28). The Bertz CT molecular complexity index is 908. The maximum atomic E-state index is 13.1. The predicted molar refractivity (Wildman–Crippen MR) is 104 cm³/mol. The van der Waals surface area contributed by atoms with Gasteiger partial charge in [0.15, 0.2) is 0 Å². The zero-order valence-electron chi connectivity index (χ0n) is 16.1. The lowest BCUT2D eigenvalue weighted by Crippen LogP contribution is -2.61. The summed E-state index contributed by atoms with van der Waals surface area (Å²) in [6.07, 6.45) is 2.80. The van der Waals surface area contributed by atoms with Crippen molar-refractivity contribution in [3.8, 4) is 11.6 Å². The van der Waals surface area contributed by atoms with Gasteiger partial charge in [-0.1, -0.05) is 6.07 Å². The third-order valence-corrected chi connectivity index (χ3v) is 6.58. The molecule has 6 nitrogen and oxygen atoms in total. The monoisotopic (exact) mass is 397 g/mol. The quantitative estimate of drug-likeness (QED) is 0.824. The number of pyridine rings is 1. The number of piperidine rings is 3. The van der Waals surface area contributed by atoms with E-state index in [-0.39, 0.29) is 11.9 Å². The Balaban J connectivity index is 1.43.